The van der Waals surface area contributed by atoms with Crippen LogP contribution in [0, 0.1) is 6.92 Å². The van der Waals surface area contributed by atoms with Crippen LogP contribution in [0.3, 0.4) is 0 Å². The van der Waals surface area contributed by atoms with Crippen LogP contribution in [-0.4, -0.2) is 10.7 Å². The van der Waals surface area contributed by atoms with Gasteiger partial charge in [-0.15, -0.1) is 0 Å². The molecule has 0 heterocycles. The summed E-state index contributed by atoms with van der Waals surface area (Å²) in [6, 6.07) is 18.5. The van der Waals surface area contributed by atoms with Crippen LogP contribution in [0.2, 0.25) is 0 Å². The van der Waals surface area contributed by atoms with Crippen molar-refractivity contribution in [3.63, 3.8) is 0 Å². The topological polar surface area (TPSA) is 20.2 Å². The van der Waals surface area contributed by atoms with Gasteiger partial charge >= 0.3 is 0 Å². The van der Waals surface area contributed by atoms with Gasteiger partial charge in [0.15, 0.2) is 0 Å². The summed E-state index contributed by atoms with van der Waals surface area (Å²) in [6.45, 7) is 3.98. The first-order chi connectivity index (χ1) is 8.55. The predicted octanol–water partition coefficient (Wildman–Crippen LogP) is 3.53. The lowest BCUT2D eigenvalue weighted by atomic mass is 9.89. The summed E-state index contributed by atoms with van der Waals surface area (Å²) in [5.74, 6) is 0. The van der Waals surface area contributed by atoms with Gasteiger partial charge in [0.25, 0.3) is 0 Å². The molecule has 18 heavy (non-hydrogen) atoms. The van der Waals surface area contributed by atoms with E-state index in [0.717, 1.165) is 0 Å². The van der Waals surface area contributed by atoms with Gasteiger partial charge in [0.1, 0.15) is 0 Å². The minimum absolute atomic E-state index is 0.682. The van der Waals surface area contributed by atoms with E-state index >= 15 is 0 Å². The maximum absolute atomic E-state index is 10.5. The summed E-state index contributed by atoms with van der Waals surface area (Å²) in [5.41, 5.74) is 2.91. The number of hydrogen-bond acceptors (Lipinski definition) is 1. The van der Waals surface area contributed by atoms with Crippen molar-refractivity contribution in [3.05, 3.63) is 71.3 Å². The molecular weight excluding hydrogens is 220 g/mol. The fourth-order valence-electron chi connectivity index (χ4n) is 2.24. The Hall–Kier alpha value is -1.60. The Morgan fingerprint density at radius 3 is 1.89 bits per heavy atom. The van der Waals surface area contributed by atoms with E-state index in [9.17, 15) is 5.11 Å². The van der Waals surface area contributed by atoms with Gasteiger partial charge in [0, 0.05) is 12.8 Å². The van der Waals surface area contributed by atoms with Gasteiger partial charge in [-0.05, 0) is 25.0 Å². The molecule has 0 amide bonds. The second kappa shape index (κ2) is 5.36. The van der Waals surface area contributed by atoms with Crippen molar-refractivity contribution in [2.75, 3.05) is 0 Å². The molecule has 0 fully saturated rings. The molecule has 0 saturated carbocycles. The van der Waals surface area contributed by atoms with Gasteiger partial charge in [-0.2, -0.15) is 0 Å². The lowest BCUT2D eigenvalue weighted by Crippen LogP contribution is -2.30. The van der Waals surface area contributed by atoms with Crippen LogP contribution >= 0.6 is 0 Å². The van der Waals surface area contributed by atoms with Crippen molar-refractivity contribution >= 4 is 0 Å². The molecule has 1 N–H and O–H groups in total. The van der Waals surface area contributed by atoms with E-state index in [-0.39, 0.29) is 0 Å². The molecule has 0 aliphatic carbocycles. The van der Waals surface area contributed by atoms with Crippen LogP contribution in [0.25, 0.3) is 0 Å². The van der Waals surface area contributed by atoms with Crippen LogP contribution in [0.1, 0.15) is 23.6 Å². The number of aliphatic hydroxyl groups is 1. The molecule has 1 nitrogen and oxygen atoms in total. The molecule has 0 radical (unpaired) electrons. The molecule has 2 rings (SSSR count). The van der Waals surface area contributed by atoms with Gasteiger partial charge in [0.05, 0.1) is 5.60 Å². The van der Waals surface area contributed by atoms with Gasteiger partial charge in [-0.1, -0.05) is 60.2 Å². The lowest BCUT2D eigenvalue weighted by Gasteiger charge is -2.23. The van der Waals surface area contributed by atoms with Gasteiger partial charge in [-0.25, -0.2) is 0 Å². The Morgan fingerprint density at radius 1 is 0.833 bits per heavy atom. The van der Waals surface area contributed by atoms with Crippen molar-refractivity contribution in [2.45, 2.75) is 32.3 Å². The third kappa shape index (κ3) is 3.71. The van der Waals surface area contributed by atoms with Crippen molar-refractivity contribution in [1.29, 1.82) is 0 Å². The molecule has 1 atom stereocenters. The van der Waals surface area contributed by atoms with E-state index in [1.807, 2.05) is 25.1 Å². The zero-order valence-electron chi connectivity index (χ0n) is 11.1. The normalized spacial score (nSPS) is 14.2. The van der Waals surface area contributed by atoms with E-state index in [1.54, 1.807) is 0 Å². The molecule has 2 aromatic rings. The Bertz CT molecular complexity index is 483. The summed E-state index contributed by atoms with van der Waals surface area (Å²) in [6.07, 6.45) is 1.36. The van der Waals surface area contributed by atoms with Crippen molar-refractivity contribution < 1.29 is 5.11 Å². The third-order valence-corrected chi connectivity index (χ3v) is 3.13. The van der Waals surface area contributed by atoms with Gasteiger partial charge in [0.2, 0.25) is 0 Å². The van der Waals surface area contributed by atoms with Crippen LogP contribution in [0.5, 0.6) is 0 Å². The summed E-state index contributed by atoms with van der Waals surface area (Å²) in [4.78, 5) is 0. The van der Waals surface area contributed by atoms with E-state index in [1.165, 1.54) is 16.7 Å². The Labute approximate surface area is 109 Å². The first kappa shape index (κ1) is 12.8. The Morgan fingerprint density at radius 2 is 1.33 bits per heavy atom. The van der Waals surface area contributed by atoms with Gasteiger partial charge in [-0.3, -0.25) is 0 Å². The quantitative estimate of drug-likeness (QED) is 0.866. The number of hydrogen-bond donors (Lipinski definition) is 1. The van der Waals surface area contributed by atoms with E-state index in [0.29, 0.717) is 12.8 Å². The molecule has 0 aliphatic rings. The molecule has 0 aliphatic heterocycles. The molecule has 0 bridgehead atoms. The fourth-order valence-corrected chi connectivity index (χ4v) is 2.24. The molecule has 2 aromatic carbocycles. The number of benzene rings is 2. The average molecular weight is 240 g/mol. The zero-order valence-corrected chi connectivity index (χ0v) is 11.1. The Kier molecular flexibility index (Phi) is 3.83. The second-order valence-electron chi connectivity index (χ2n) is 5.32. The highest BCUT2D eigenvalue weighted by atomic mass is 16.3. The van der Waals surface area contributed by atoms with Crippen molar-refractivity contribution in [3.8, 4) is 0 Å². The molecule has 0 aromatic heterocycles. The van der Waals surface area contributed by atoms with E-state index < -0.39 is 5.60 Å². The fraction of sp³-hybridized carbons (Fsp3) is 0.294. The largest absolute Gasteiger partial charge is 0.389 e. The summed E-state index contributed by atoms with van der Waals surface area (Å²) in [5, 5.41) is 10.5. The molecular formula is C17H20O. The second-order valence-corrected chi connectivity index (χ2v) is 5.32. The highest BCUT2D eigenvalue weighted by Crippen LogP contribution is 2.19. The summed E-state index contributed by atoms with van der Waals surface area (Å²) >= 11 is 0. The average Bonchev–Trinajstić information content (AvgIpc) is 2.32. The monoisotopic (exact) mass is 240 g/mol. The van der Waals surface area contributed by atoms with Crippen LogP contribution < -0.4 is 0 Å². The Balaban J connectivity index is 2.05. The zero-order chi connectivity index (χ0) is 13.0. The first-order valence-electron chi connectivity index (χ1n) is 6.37. The highest BCUT2D eigenvalue weighted by Gasteiger charge is 2.21. The SMILES string of the molecule is Cc1ccc(CC(C)(O)Cc2ccccc2)cc1. The summed E-state index contributed by atoms with van der Waals surface area (Å²) in [7, 11) is 0. The van der Waals surface area contributed by atoms with Crippen LogP contribution in [0.4, 0.5) is 0 Å². The number of aryl methyl sites for hydroxylation is 1. The maximum atomic E-state index is 10.5. The minimum atomic E-state index is -0.698. The van der Waals surface area contributed by atoms with Gasteiger partial charge < -0.3 is 5.11 Å². The molecule has 94 valence electrons. The number of rotatable bonds is 4. The molecule has 1 heteroatoms. The summed E-state index contributed by atoms with van der Waals surface area (Å²) < 4.78 is 0. The molecule has 1 unspecified atom stereocenters. The minimum Gasteiger partial charge on any atom is -0.389 e. The standard InChI is InChI=1S/C17H20O/c1-14-8-10-16(11-9-14)13-17(2,18)12-15-6-4-3-5-7-15/h3-11,18H,12-13H2,1-2H3. The highest BCUT2D eigenvalue weighted by molar-refractivity contribution is 5.24. The lowest BCUT2D eigenvalue weighted by molar-refractivity contribution is 0.0608. The first-order valence-corrected chi connectivity index (χ1v) is 6.37. The van der Waals surface area contributed by atoms with Crippen molar-refractivity contribution in [1.82, 2.24) is 0 Å². The van der Waals surface area contributed by atoms with Crippen molar-refractivity contribution in [2.24, 2.45) is 0 Å². The van der Waals surface area contributed by atoms with E-state index in [4.69, 9.17) is 0 Å². The van der Waals surface area contributed by atoms with E-state index in [2.05, 4.69) is 43.3 Å². The van der Waals surface area contributed by atoms with Crippen LogP contribution in [-0.2, 0) is 12.8 Å². The molecule has 0 saturated heterocycles. The third-order valence-electron chi connectivity index (χ3n) is 3.13. The predicted molar refractivity (Wildman–Crippen MR) is 75.7 cm³/mol. The smallest absolute Gasteiger partial charge is 0.0700 e. The molecule has 0 spiro atoms. The maximum Gasteiger partial charge on any atom is 0.0700 e. The van der Waals surface area contributed by atoms with Crippen LogP contribution in [0.15, 0.2) is 54.6 Å².